The molecular weight excluding hydrogens is 514 g/mol. The molecule has 3 amide bonds. The van der Waals surface area contributed by atoms with Crippen molar-refractivity contribution in [3.05, 3.63) is 29.3 Å². The number of aldehydes is 1. The van der Waals surface area contributed by atoms with Crippen LogP contribution in [0.4, 0.5) is 5.69 Å². The van der Waals surface area contributed by atoms with Crippen LogP contribution in [0.3, 0.4) is 0 Å². The summed E-state index contributed by atoms with van der Waals surface area (Å²) in [6, 6.07) is 4.77. The Labute approximate surface area is 235 Å². The molecule has 3 heterocycles. The molecule has 1 aromatic rings. The summed E-state index contributed by atoms with van der Waals surface area (Å²) in [5.41, 5.74) is 0.995. The average molecular weight is 556 g/mol. The predicted octanol–water partition coefficient (Wildman–Crippen LogP) is 1.30. The van der Waals surface area contributed by atoms with Crippen molar-refractivity contribution < 1.29 is 28.7 Å². The number of esters is 1. The second-order valence-electron chi connectivity index (χ2n) is 11.7. The first kappa shape index (κ1) is 29.7. The number of hydrogen-bond donors (Lipinski definition) is 1. The number of anilines is 1. The fraction of sp³-hybridized carbons (Fsp3) is 0.621. The fourth-order valence-electron chi connectivity index (χ4n) is 5.75. The summed E-state index contributed by atoms with van der Waals surface area (Å²) in [7, 11) is 1.50. The van der Waals surface area contributed by atoms with Crippen LogP contribution in [0.1, 0.15) is 67.2 Å². The highest BCUT2D eigenvalue weighted by atomic mass is 16.6. The smallest absolute Gasteiger partial charge is 0.320 e. The number of rotatable bonds is 9. The highest BCUT2D eigenvalue weighted by molar-refractivity contribution is 6.22. The molecule has 218 valence electrons. The first-order chi connectivity index (χ1) is 19.0. The van der Waals surface area contributed by atoms with Crippen LogP contribution in [0.5, 0.6) is 0 Å². The number of likely N-dealkylation sites (tertiary alicyclic amines) is 1. The second kappa shape index (κ2) is 12.5. The van der Waals surface area contributed by atoms with E-state index in [9.17, 15) is 24.0 Å². The number of carbonyl (C=O) groups is 5. The molecule has 0 spiro atoms. The van der Waals surface area contributed by atoms with Crippen LogP contribution >= 0.6 is 0 Å². The summed E-state index contributed by atoms with van der Waals surface area (Å²) in [4.78, 5) is 69.5. The Balaban J connectivity index is 1.30. The van der Waals surface area contributed by atoms with Crippen molar-refractivity contribution in [2.45, 2.75) is 64.1 Å². The summed E-state index contributed by atoms with van der Waals surface area (Å²) in [5, 5.41) is 2.49. The maximum atomic E-state index is 13.2. The van der Waals surface area contributed by atoms with Gasteiger partial charge in [-0.25, -0.2) is 0 Å². The molecule has 2 saturated heterocycles. The zero-order valence-electron chi connectivity index (χ0n) is 24.0. The number of piperazine rings is 1. The van der Waals surface area contributed by atoms with Crippen molar-refractivity contribution in [2.75, 3.05) is 57.8 Å². The topological polar surface area (TPSA) is 120 Å². The molecule has 0 bridgehead atoms. The van der Waals surface area contributed by atoms with Gasteiger partial charge in [-0.15, -0.1) is 0 Å². The number of nitrogens with one attached hydrogen (secondary N) is 1. The van der Waals surface area contributed by atoms with Crippen molar-refractivity contribution in [1.82, 2.24) is 20.0 Å². The van der Waals surface area contributed by atoms with Crippen LogP contribution in [0.2, 0.25) is 0 Å². The Bertz CT molecular complexity index is 1130. The average Bonchev–Trinajstić information content (AvgIpc) is 3.17. The number of imide groups is 1. The van der Waals surface area contributed by atoms with E-state index in [1.165, 1.54) is 7.05 Å². The van der Waals surface area contributed by atoms with Gasteiger partial charge in [-0.05, 0) is 58.2 Å². The first-order valence-corrected chi connectivity index (χ1v) is 14.1. The third-order valence-electron chi connectivity index (χ3n) is 7.86. The SMILES string of the molecule is CNC(=O)CCC(C=O)N1C(=O)c2ccc(N3CCN(C4CCN(CC(=O)OC(C)(C)C)CC4)CC3)cc2C1=O. The van der Waals surface area contributed by atoms with E-state index in [0.717, 1.165) is 62.7 Å². The standard InChI is InChI=1S/C29H41N5O6/c1-29(2,3)40-26(37)18-31-11-9-20(10-12-31)32-13-15-33(16-14-32)21-5-7-23-24(17-21)28(39)34(27(23)38)22(19-35)6-8-25(36)30-4/h5,7,17,19-20,22H,6,8-16,18H2,1-4H3,(H,30,36). The van der Waals surface area contributed by atoms with Crippen LogP contribution in [0, 0.1) is 0 Å². The summed E-state index contributed by atoms with van der Waals surface area (Å²) < 4.78 is 5.46. The van der Waals surface area contributed by atoms with E-state index in [-0.39, 0.29) is 30.3 Å². The molecule has 0 saturated carbocycles. The van der Waals surface area contributed by atoms with Gasteiger partial charge >= 0.3 is 5.97 Å². The van der Waals surface area contributed by atoms with Gasteiger partial charge < -0.3 is 19.7 Å². The van der Waals surface area contributed by atoms with Crippen molar-refractivity contribution >= 4 is 35.7 Å². The molecule has 1 atom stereocenters. The molecule has 2 fully saturated rings. The minimum Gasteiger partial charge on any atom is -0.459 e. The maximum absolute atomic E-state index is 13.2. The van der Waals surface area contributed by atoms with E-state index in [0.29, 0.717) is 24.4 Å². The second-order valence-corrected chi connectivity index (χ2v) is 11.7. The Morgan fingerprint density at radius 3 is 2.27 bits per heavy atom. The van der Waals surface area contributed by atoms with E-state index < -0.39 is 23.5 Å². The van der Waals surface area contributed by atoms with Gasteiger partial charge in [0.1, 0.15) is 11.9 Å². The van der Waals surface area contributed by atoms with Crippen molar-refractivity contribution in [2.24, 2.45) is 0 Å². The third-order valence-corrected chi connectivity index (χ3v) is 7.86. The van der Waals surface area contributed by atoms with Gasteiger partial charge in [0.05, 0.1) is 23.7 Å². The van der Waals surface area contributed by atoms with Crippen LogP contribution in [-0.2, 0) is 19.1 Å². The summed E-state index contributed by atoms with van der Waals surface area (Å²) in [5.74, 6) is -1.42. The van der Waals surface area contributed by atoms with Gasteiger partial charge in [0, 0.05) is 64.5 Å². The van der Waals surface area contributed by atoms with Gasteiger partial charge in [0.25, 0.3) is 11.8 Å². The normalized spacial score (nSPS) is 19.9. The number of benzene rings is 1. The van der Waals surface area contributed by atoms with Gasteiger partial charge in [-0.1, -0.05) is 0 Å². The summed E-state index contributed by atoms with van der Waals surface area (Å²) in [6.07, 6.45) is 2.71. The molecular formula is C29H41N5O6. The van der Waals surface area contributed by atoms with Crippen LogP contribution < -0.4 is 10.2 Å². The molecule has 11 heteroatoms. The molecule has 11 nitrogen and oxygen atoms in total. The molecule has 1 N–H and O–H groups in total. The molecule has 1 aromatic carbocycles. The number of carbonyl (C=O) groups excluding carboxylic acids is 5. The predicted molar refractivity (Wildman–Crippen MR) is 149 cm³/mol. The van der Waals surface area contributed by atoms with E-state index in [1.807, 2.05) is 26.8 Å². The molecule has 3 aliphatic rings. The Morgan fingerprint density at radius 1 is 1.02 bits per heavy atom. The molecule has 4 rings (SSSR count). The highest BCUT2D eigenvalue weighted by Gasteiger charge is 2.40. The van der Waals surface area contributed by atoms with E-state index >= 15 is 0 Å². The Kier molecular flexibility index (Phi) is 9.25. The molecule has 40 heavy (non-hydrogen) atoms. The molecule has 0 radical (unpaired) electrons. The first-order valence-electron chi connectivity index (χ1n) is 14.1. The minimum absolute atomic E-state index is 0.0472. The van der Waals surface area contributed by atoms with Gasteiger partial charge in [-0.3, -0.25) is 33.9 Å². The third kappa shape index (κ3) is 6.87. The lowest BCUT2D eigenvalue weighted by Crippen LogP contribution is -2.53. The minimum atomic E-state index is -0.979. The van der Waals surface area contributed by atoms with Gasteiger partial charge in [0.15, 0.2) is 0 Å². The van der Waals surface area contributed by atoms with Crippen molar-refractivity contribution in [3.63, 3.8) is 0 Å². The van der Waals surface area contributed by atoms with E-state index in [1.54, 1.807) is 12.1 Å². The lowest BCUT2D eigenvalue weighted by molar-refractivity contribution is -0.156. The number of ether oxygens (including phenoxy) is 1. The molecule has 1 unspecified atom stereocenters. The zero-order valence-corrected chi connectivity index (χ0v) is 24.0. The molecule has 0 aliphatic carbocycles. The monoisotopic (exact) mass is 555 g/mol. The molecule has 3 aliphatic heterocycles. The zero-order chi connectivity index (χ0) is 29.0. The van der Waals surface area contributed by atoms with Crippen molar-refractivity contribution in [3.8, 4) is 0 Å². The quantitative estimate of drug-likeness (QED) is 0.273. The van der Waals surface area contributed by atoms with E-state index in [4.69, 9.17) is 4.74 Å². The van der Waals surface area contributed by atoms with E-state index in [2.05, 4.69) is 20.0 Å². The number of hydrogen-bond acceptors (Lipinski definition) is 9. The van der Waals surface area contributed by atoms with Crippen LogP contribution in [0.25, 0.3) is 0 Å². The van der Waals surface area contributed by atoms with Gasteiger partial charge in [0.2, 0.25) is 5.91 Å². The largest absolute Gasteiger partial charge is 0.459 e. The molecule has 0 aromatic heterocycles. The maximum Gasteiger partial charge on any atom is 0.320 e. The highest BCUT2D eigenvalue weighted by Crippen LogP contribution is 2.30. The van der Waals surface area contributed by atoms with Crippen molar-refractivity contribution in [1.29, 1.82) is 0 Å². The Morgan fingerprint density at radius 2 is 1.68 bits per heavy atom. The Hall–Kier alpha value is -3.31. The number of piperidine rings is 1. The number of amides is 3. The number of fused-ring (bicyclic) bond motifs is 1. The lowest BCUT2D eigenvalue weighted by Gasteiger charge is -2.43. The van der Waals surface area contributed by atoms with Crippen LogP contribution in [0.15, 0.2) is 18.2 Å². The lowest BCUT2D eigenvalue weighted by atomic mass is 10.0. The van der Waals surface area contributed by atoms with Crippen LogP contribution in [-0.4, -0.2) is 115 Å². The number of nitrogens with zero attached hydrogens (tertiary/aromatic N) is 4. The van der Waals surface area contributed by atoms with Gasteiger partial charge in [-0.2, -0.15) is 0 Å². The summed E-state index contributed by atoms with van der Waals surface area (Å²) >= 11 is 0. The summed E-state index contributed by atoms with van der Waals surface area (Å²) in [6.45, 7) is 11.1. The fourth-order valence-corrected chi connectivity index (χ4v) is 5.75.